The Morgan fingerprint density at radius 3 is 2.69 bits per heavy atom. The number of unbranched alkanes of at least 4 members (excludes halogenated alkanes) is 1. The van der Waals surface area contributed by atoms with E-state index >= 15 is 0 Å². The smallest absolute Gasteiger partial charge is 0.310 e. The lowest BCUT2D eigenvalue weighted by Crippen LogP contribution is -2.10. The molecule has 16 heavy (non-hydrogen) atoms. The Bertz CT molecular complexity index is 340. The Kier molecular flexibility index (Phi) is 7.35. The number of ether oxygens (including phenoxy) is 1. The molecule has 0 aromatic heterocycles. The maximum absolute atomic E-state index is 11.5. The van der Waals surface area contributed by atoms with Crippen molar-refractivity contribution in [3.05, 3.63) is 33.4 Å². The van der Waals surface area contributed by atoms with Crippen molar-refractivity contribution < 1.29 is 9.53 Å². The number of rotatable bonds is 6. The van der Waals surface area contributed by atoms with E-state index in [1.54, 1.807) is 0 Å². The zero-order valence-electron chi connectivity index (χ0n) is 8.92. The van der Waals surface area contributed by atoms with E-state index < -0.39 is 0 Å². The lowest BCUT2D eigenvalue weighted by Gasteiger charge is -2.05. The van der Waals surface area contributed by atoms with Crippen LogP contribution in [-0.2, 0) is 16.0 Å². The molecule has 0 heterocycles. The number of esters is 1. The van der Waals surface area contributed by atoms with Gasteiger partial charge in [0.05, 0.1) is 13.0 Å². The van der Waals surface area contributed by atoms with Crippen LogP contribution in [-0.4, -0.2) is 17.0 Å². The van der Waals surface area contributed by atoms with E-state index in [0.29, 0.717) is 13.0 Å². The van der Waals surface area contributed by atoms with Crippen molar-refractivity contribution >= 4 is 51.2 Å². The molecule has 2 nitrogen and oxygen atoms in total. The van der Waals surface area contributed by atoms with Crippen LogP contribution in [0.3, 0.4) is 0 Å². The molecule has 0 radical (unpaired) electrons. The van der Waals surface area contributed by atoms with Crippen molar-refractivity contribution in [3.8, 4) is 0 Å². The second-order valence-corrected chi connectivity index (χ2v) is 5.63. The van der Waals surface area contributed by atoms with E-state index in [1.165, 1.54) is 0 Å². The molecule has 4 heteroatoms. The molecule has 0 saturated carbocycles. The summed E-state index contributed by atoms with van der Waals surface area (Å²) in [5, 5.41) is 0. The minimum Gasteiger partial charge on any atom is -0.465 e. The molecular weight excluding hydrogens is 430 g/mol. The first-order valence-corrected chi connectivity index (χ1v) is 7.79. The van der Waals surface area contributed by atoms with Crippen molar-refractivity contribution in [2.75, 3.05) is 11.0 Å². The number of carbonyl (C=O) groups is 1. The van der Waals surface area contributed by atoms with Crippen molar-refractivity contribution in [2.24, 2.45) is 0 Å². The molecule has 0 aliphatic carbocycles. The summed E-state index contributed by atoms with van der Waals surface area (Å²) < 4.78 is 7.39. The third-order valence-corrected chi connectivity index (χ3v) is 3.90. The van der Waals surface area contributed by atoms with E-state index in [2.05, 4.69) is 45.2 Å². The summed E-state index contributed by atoms with van der Waals surface area (Å²) >= 11 is 4.56. The predicted molar refractivity (Wildman–Crippen MR) is 81.9 cm³/mol. The molecule has 1 aromatic carbocycles. The van der Waals surface area contributed by atoms with Gasteiger partial charge in [0.2, 0.25) is 0 Å². The van der Waals surface area contributed by atoms with E-state index in [4.69, 9.17) is 4.74 Å². The molecule has 1 rings (SSSR count). The van der Waals surface area contributed by atoms with Crippen LogP contribution in [0.2, 0.25) is 0 Å². The molecule has 0 amide bonds. The molecular formula is C12H14I2O2. The van der Waals surface area contributed by atoms with Gasteiger partial charge in [0.25, 0.3) is 0 Å². The highest BCUT2D eigenvalue weighted by atomic mass is 127. The first-order chi connectivity index (χ1) is 7.74. The number of hydrogen-bond donors (Lipinski definition) is 0. The third kappa shape index (κ3) is 5.47. The van der Waals surface area contributed by atoms with Gasteiger partial charge in [-0.15, -0.1) is 0 Å². The molecule has 0 aliphatic rings. The van der Waals surface area contributed by atoms with Crippen LogP contribution in [0.25, 0.3) is 0 Å². The largest absolute Gasteiger partial charge is 0.465 e. The zero-order chi connectivity index (χ0) is 11.8. The highest BCUT2D eigenvalue weighted by Crippen LogP contribution is 2.12. The summed E-state index contributed by atoms with van der Waals surface area (Å²) in [6.07, 6.45) is 2.45. The number of carbonyl (C=O) groups excluding carboxylic acids is 1. The second kappa shape index (κ2) is 8.27. The summed E-state index contributed by atoms with van der Waals surface area (Å²) in [5.41, 5.74) is 1.04. The Balaban J connectivity index is 2.32. The van der Waals surface area contributed by atoms with Crippen LogP contribution in [0.15, 0.2) is 24.3 Å². The fourth-order valence-corrected chi connectivity index (χ4v) is 2.35. The van der Waals surface area contributed by atoms with Crippen LogP contribution in [0.4, 0.5) is 0 Å². The Hall–Kier alpha value is 0.150. The van der Waals surface area contributed by atoms with Crippen LogP contribution in [0.1, 0.15) is 18.4 Å². The molecule has 0 aliphatic heterocycles. The first kappa shape index (κ1) is 14.2. The summed E-state index contributed by atoms with van der Waals surface area (Å²) in [6, 6.07) is 7.88. The molecule has 0 spiro atoms. The SMILES string of the molecule is O=C(Cc1ccccc1I)OCCCCI. The van der Waals surface area contributed by atoms with E-state index in [0.717, 1.165) is 26.4 Å². The number of benzene rings is 1. The fourth-order valence-electron chi connectivity index (χ4n) is 1.23. The molecule has 0 fully saturated rings. The Morgan fingerprint density at radius 2 is 2.00 bits per heavy atom. The van der Waals surface area contributed by atoms with Crippen LogP contribution in [0, 0.1) is 3.57 Å². The molecule has 1 aromatic rings. The molecule has 88 valence electrons. The zero-order valence-corrected chi connectivity index (χ0v) is 13.2. The van der Waals surface area contributed by atoms with Crippen LogP contribution < -0.4 is 0 Å². The van der Waals surface area contributed by atoms with Crippen molar-refractivity contribution in [1.29, 1.82) is 0 Å². The average Bonchev–Trinajstić information content (AvgIpc) is 2.28. The highest BCUT2D eigenvalue weighted by molar-refractivity contribution is 14.1. The predicted octanol–water partition coefficient (Wildman–Crippen LogP) is 3.59. The molecule has 0 unspecified atom stereocenters. The van der Waals surface area contributed by atoms with Crippen molar-refractivity contribution in [3.63, 3.8) is 0 Å². The van der Waals surface area contributed by atoms with Crippen LogP contribution in [0.5, 0.6) is 0 Å². The van der Waals surface area contributed by atoms with Gasteiger partial charge in [0.1, 0.15) is 0 Å². The minimum absolute atomic E-state index is 0.127. The molecule has 0 bridgehead atoms. The lowest BCUT2D eigenvalue weighted by molar-refractivity contribution is -0.142. The van der Waals surface area contributed by atoms with Gasteiger partial charge in [-0.25, -0.2) is 0 Å². The second-order valence-electron chi connectivity index (χ2n) is 3.38. The highest BCUT2D eigenvalue weighted by Gasteiger charge is 2.06. The fraction of sp³-hybridized carbons (Fsp3) is 0.417. The van der Waals surface area contributed by atoms with Crippen LogP contribution >= 0.6 is 45.2 Å². The standard InChI is InChI=1S/C12H14I2O2/c13-7-3-4-8-16-12(15)9-10-5-1-2-6-11(10)14/h1-2,5-6H,3-4,7-9H2. The molecule has 0 N–H and O–H groups in total. The van der Waals surface area contributed by atoms with Gasteiger partial charge in [-0.05, 0) is 51.5 Å². The van der Waals surface area contributed by atoms with E-state index in [1.807, 2.05) is 24.3 Å². The maximum atomic E-state index is 11.5. The summed E-state index contributed by atoms with van der Waals surface area (Å²) in [4.78, 5) is 11.5. The van der Waals surface area contributed by atoms with Gasteiger partial charge in [0.15, 0.2) is 0 Å². The van der Waals surface area contributed by atoms with Gasteiger partial charge in [-0.2, -0.15) is 0 Å². The Morgan fingerprint density at radius 1 is 1.25 bits per heavy atom. The van der Waals surface area contributed by atoms with Crippen molar-refractivity contribution in [1.82, 2.24) is 0 Å². The van der Waals surface area contributed by atoms with Crippen molar-refractivity contribution in [2.45, 2.75) is 19.3 Å². The topological polar surface area (TPSA) is 26.3 Å². The number of hydrogen-bond acceptors (Lipinski definition) is 2. The van der Waals surface area contributed by atoms with Gasteiger partial charge in [0, 0.05) is 3.57 Å². The molecule has 0 saturated heterocycles. The first-order valence-electron chi connectivity index (χ1n) is 5.19. The quantitative estimate of drug-likeness (QED) is 0.290. The summed E-state index contributed by atoms with van der Waals surface area (Å²) in [6.45, 7) is 0.547. The normalized spacial score (nSPS) is 10.1. The maximum Gasteiger partial charge on any atom is 0.310 e. The third-order valence-electron chi connectivity index (χ3n) is 2.08. The Labute approximate surface area is 123 Å². The molecule has 0 atom stereocenters. The monoisotopic (exact) mass is 444 g/mol. The lowest BCUT2D eigenvalue weighted by atomic mass is 10.2. The number of alkyl halides is 1. The average molecular weight is 444 g/mol. The van der Waals surface area contributed by atoms with E-state index in [-0.39, 0.29) is 5.97 Å². The van der Waals surface area contributed by atoms with Gasteiger partial charge < -0.3 is 4.74 Å². The van der Waals surface area contributed by atoms with Gasteiger partial charge in [-0.3, -0.25) is 4.79 Å². The van der Waals surface area contributed by atoms with E-state index in [9.17, 15) is 4.79 Å². The summed E-state index contributed by atoms with van der Waals surface area (Å²) in [7, 11) is 0. The van der Waals surface area contributed by atoms with Gasteiger partial charge in [-0.1, -0.05) is 40.8 Å². The summed E-state index contributed by atoms with van der Waals surface area (Å²) in [5.74, 6) is -0.127. The number of halogens is 2. The minimum atomic E-state index is -0.127. The van der Waals surface area contributed by atoms with Gasteiger partial charge >= 0.3 is 5.97 Å².